The third-order valence-corrected chi connectivity index (χ3v) is 3.41. The van der Waals surface area contributed by atoms with E-state index in [4.69, 9.17) is 15.0 Å². The van der Waals surface area contributed by atoms with Crippen molar-refractivity contribution in [1.82, 2.24) is 5.43 Å². The van der Waals surface area contributed by atoms with E-state index in [1.54, 1.807) is 12.5 Å². The van der Waals surface area contributed by atoms with Gasteiger partial charge in [-0.15, -0.1) is 0 Å². The fourth-order valence-corrected chi connectivity index (χ4v) is 2.36. The van der Waals surface area contributed by atoms with E-state index in [0.29, 0.717) is 12.1 Å². The molecule has 0 aromatic carbocycles. The Morgan fingerprint density at radius 2 is 2.41 bits per heavy atom. The van der Waals surface area contributed by atoms with Crippen LogP contribution in [0, 0.1) is 0 Å². The van der Waals surface area contributed by atoms with Gasteiger partial charge in [-0.1, -0.05) is 0 Å². The molecule has 2 unspecified atom stereocenters. The van der Waals surface area contributed by atoms with E-state index in [1.807, 2.05) is 6.07 Å². The lowest BCUT2D eigenvalue weighted by atomic mass is 9.99. The van der Waals surface area contributed by atoms with Crippen LogP contribution >= 0.6 is 0 Å². The number of hydrogen-bond donors (Lipinski definition) is 2. The van der Waals surface area contributed by atoms with Gasteiger partial charge in [-0.05, 0) is 50.2 Å². The molecule has 2 heterocycles. The first kappa shape index (κ1) is 12.6. The van der Waals surface area contributed by atoms with Gasteiger partial charge >= 0.3 is 0 Å². The Bertz CT molecular complexity index is 294. The van der Waals surface area contributed by atoms with Crippen molar-refractivity contribution < 1.29 is 9.15 Å². The number of ether oxygens (including phenoxy) is 1. The maximum atomic E-state index is 5.72. The van der Waals surface area contributed by atoms with Gasteiger partial charge in [0.1, 0.15) is 0 Å². The first-order chi connectivity index (χ1) is 8.38. The highest BCUT2D eigenvalue weighted by Crippen LogP contribution is 2.18. The lowest BCUT2D eigenvalue weighted by Gasteiger charge is -2.24. The number of hydrazine groups is 1. The summed E-state index contributed by atoms with van der Waals surface area (Å²) in [5.74, 6) is 5.58. The number of hydrogen-bond acceptors (Lipinski definition) is 4. The van der Waals surface area contributed by atoms with Gasteiger partial charge in [-0.3, -0.25) is 11.3 Å². The lowest BCUT2D eigenvalue weighted by Crippen LogP contribution is -2.37. The average molecular weight is 238 g/mol. The third-order valence-electron chi connectivity index (χ3n) is 3.41. The summed E-state index contributed by atoms with van der Waals surface area (Å²) in [6, 6.07) is 2.29. The van der Waals surface area contributed by atoms with Crippen LogP contribution in [-0.4, -0.2) is 18.8 Å². The molecular formula is C13H22N2O2. The van der Waals surface area contributed by atoms with E-state index >= 15 is 0 Å². The fraction of sp³-hybridized carbons (Fsp3) is 0.692. The summed E-state index contributed by atoms with van der Waals surface area (Å²) >= 11 is 0. The normalized spacial score (nSPS) is 22.5. The third kappa shape index (κ3) is 4.15. The van der Waals surface area contributed by atoms with Gasteiger partial charge in [-0.25, -0.2) is 0 Å². The summed E-state index contributed by atoms with van der Waals surface area (Å²) in [6.45, 7) is 0.924. The maximum Gasteiger partial charge on any atom is 0.0935 e. The second-order valence-corrected chi connectivity index (χ2v) is 4.77. The van der Waals surface area contributed by atoms with Gasteiger partial charge in [-0.2, -0.15) is 0 Å². The highest BCUT2D eigenvalue weighted by molar-refractivity contribution is 5.07. The molecule has 1 fully saturated rings. The summed E-state index contributed by atoms with van der Waals surface area (Å²) in [5.41, 5.74) is 4.07. The minimum absolute atomic E-state index is 0.304. The molecule has 2 atom stereocenters. The van der Waals surface area contributed by atoms with E-state index in [1.165, 1.54) is 24.8 Å². The Labute approximate surface area is 102 Å². The van der Waals surface area contributed by atoms with Crippen LogP contribution in [-0.2, 0) is 11.2 Å². The maximum absolute atomic E-state index is 5.72. The Morgan fingerprint density at radius 1 is 1.47 bits per heavy atom. The van der Waals surface area contributed by atoms with Crippen molar-refractivity contribution in [2.24, 2.45) is 5.84 Å². The summed E-state index contributed by atoms with van der Waals surface area (Å²) < 4.78 is 10.8. The zero-order valence-electron chi connectivity index (χ0n) is 10.2. The quantitative estimate of drug-likeness (QED) is 0.588. The highest BCUT2D eigenvalue weighted by atomic mass is 16.5. The van der Waals surface area contributed by atoms with Crippen LogP contribution in [0.3, 0.4) is 0 Å². The van der Waals surface area contributed by atoms with Crippen molar-refractivity contribution in [3.63, 3.8) is 0 Å². The minimum Gasteiger partial charge on any atom is -0.472 e. The van der Waals surface area contributed by atoms with Gasteiger partial charge in [0.25, 0.3) is 0 Å². The molecule has 2 rings (SSSR count). The molecule has 1 saturated heterocycles. The molecule has 0 radical (unpaired) electrons. The molecule has 1 aliphatic rings. The second kappa shape index (κ2) is 6.79. The SMILES string of the molecule is NNC(CCC1CCCCO1)Cc1ccoc1. The Balaban J connectivity index is 1.71. The van der Waals surface area contributed by atoms with Crippen molar-refractivity contribution in [2.75, 3.05) is 6.61 Å². The summed E-state index contributed by atoms with van der Waals surface area (Å²) in [4.78, 5) is 0. The Kier molecular flexibility index (Phi) is 5.04. The predicted octanol–water partition coefficient (Wildman–Crippen LogP) is 2.00. The molecular weight excluding hydrogens is 216 g/mol. The number of rotatable bonds is 6. The minimum atomic E-state index is 0.304. The average Bonchev–Trinajstić information content (AvgIpc) is 2.88. The molecule has 1 aromatic heterocycles. The first-order valence-electron chi connectivity index (χ1n) is 6.47. The number of nitrogens with two attached hydrogens (primary N) is 1. The van der Waals surface area contributed by atoms with Crippen LogP contribution in [0.15, 0.2) is 23.0 Å². The molecule has 0 spiro atoms. The molecule has 17 heavy (non-hydrogen) atoms. The van der Waals surface area contributed by atoms with Crippen molar-refractivity contribution in [2.45, 2.75) is 50.7 Å². The van der Waals surface area contributed by atoms with Crippen LogP contribution in [0.5, 0.6) is 0 Å². The standard InChI is InChI=1S/C13H22N2O2/c14-15-12(9-11-6-8-16-10-11)4-5-13-3-1-2-7-17-13/h6,8,10,12-13,15H,1-5,7,9,14H2. The molecule has 96 valence electrons. The predicted molar refractivity (Wildman–Crippen MR) is 66.3 cm³/mol. The monoisotopic (exact) mass is 238 g/mol. The lowest BCUT2D eigenvalue weighted by molar-refractivity contribution is 0.00858. The molecule has 0 bridgehead atoms. The van der Waals surface area contributed by atoms with E-state index in [2.05, 4.69) is 5.43 Å². The van der Waals surface area contributed by atoms with Crippen LogP contribution in [0.4, 0.5) is 0 Å². The van der Waals surface area contributed by atoms with Crippen molar-refractivity contribution in [3.05, 3.63) is 24.2 Å². The van der Waals surface area contributed by atoms with Gasteiger partial charge in [0.2, 0.25) is 0 Å². The van der Waals surface area contributed by atoms with Crippen molar-refractivity contribution >= 4 is 0 Å². The van der Waals surface area contributed by atoms with Gasteiger partial charge in [0.05, 0.1) is 18.6 Å². The smallest absolute Gasteiger partial charge is 0.0935 e. The second-order valence-electron chi connectivity index (χ2n) is 4.77. The van der Waals surface area contributed by atoms with Crippen molar-refractivity contribution in [3.8, 4) is 0 Å². The zero-order chi connectivity index (χ0) is 11.9. The zero-order valence-corrected chi connectivity index (χ0v) is 10.2. The Morgan fingerprint density at radius 3 is 3.06 bits per heavy atom. The molecule has 1 aliphatic heterocycles. The highest BCUT2D eigenvalue weighted by Gasteiger charge is 2.16. The molecule has 4 nitrogen and oxygen atoms in total. The van der Waals surface area contributed by atoms with Crippen LogP contribution in [0.25, 0.3) is 0 Å². The van der Waals surface area contributed by atoms with Crippen LogP contribution < -0.4 is 11.3 Å². The topological polar surface area (TPSA) is 60.4 Å². The van der Waals surface area contributed by atoms with Gasteiger partial charge in [0.15, 0.2) is 0 Å². The van der Waals surface area contributed by atoms with E-state index < -0.39 is 0 Å². The molecule has 3 N–H and O–H groups in total. The van der Waals surface area contributed by atoms with Crippen LogP contribution in [0.1, 0.15) is 37.7 Å². The number of nitrogens with one attached hydrogen (secondary N) is 1. The van der Waals surface area contributed by atoms with Crippen molar-refractivity contribution in [1.29, 1.82) is 0 Å². The van der Waals surface area contributed by atoms with Gasteiger partial charge in [0, 0.05) is 12.6 Å². The molecule has 4 heteroatoms. The molecule has 0 amide bonds. The van der Waals surface area contributed by atoms with E-state index in [0.717, 1.165) is 25.9 Å². The first-order valence-corrected chi connectivity index (χ1v) is 6.47. The molecule has 0 saturated carbocycles. The summed E-state index contributed by atoms with van der Waals surface area (Å²) in [7, 11) is 0. The summed E-state index contributed by atoms with van der Waals surface area (Å²) in [5, 5.41) is 0. The van der Waals surface area contributed by atoms with E-state index in [-0.39, 0.29) is 0 Å². The van der Waals surface area contributed by atoms with Gasteiger partial charge < -0.3 is 9.15 Å². The summed E-state index contributed by atoms with van der Waals surface area (Å²) in [6.07, 6.45) is 10.7. The van der Waals surface area contributed by atoms with Crippen LogP contribution in [0.2, 0.25) is 0 Å². The number of furan rings is 1. The molecule has 0 aliphatic carbocycles. The molecule has 1 aromatic rings. The fourth-order valence-electron chi connectivity index (χ4n) is 2.36. The largest absolute Gasteiger partial charge is 0.472 e. The van der Waals surface area contributed by atoms with E-state index in [9.17, 15) is 0 Å². The Hall–Kier alpha value is -0.840.